The summed E-state index contributed by atoms with van der Waals surface area (Å²) in [6.45, 7) is 1.81. The first kappa shape index (κ1) is 15.7. The Morgan fingerprint density at radius 3 is 2.18 bits per heavy atom. The minimum Gasteiger partial charge on any atom is -0.396 e. The molecule has 1 aliphatic carbocycles. The Morgan fingerprint density at radius 1 is 1.05 bits per heavy atom. The zero-order chi connectivity index (χ0) is 15.9. The fourth-order valence-corrected chi connectivity index (χ4v) is 5.45. The molecule has 1 aliphatic rings. The molecule has 5 heteroatoms. The summed E-state index contributed by atoms with van der Waals surface area (Å²) in [5, 5.41) is 9.00. The summed E-state index contributed by atoms with van der Waals surface area (Å²) >= 11 is 3.38. The first-order valence-electron chi connectivity index (χ1n) is 7.12. The van der Waals surface area contributed by atoms with Crippen LogP contribution in [0.25, 0.3) is 0 Å². The van der Waals surface area contributed by atoms with E-state index in [1.165, 1.54) is 0 Å². The number of sulfone groups is 1. The normalized spacial score (nSPS) is 24.2. The fraction of sp³-hybridized carbons (Fsp3) is 0.294. The van der Waals surface area contributed by atoms with Crippen LogP contribution < -0.4 is 0 Å². The molecule has 1 fully saturated rings. The van der Waals surface area contributed by atoms with Crippen molar-refractivity contribution in [1.82, 2.24) is 0 Å². The van der Waals surface area contributed by atoms with Crippen LogP contribution in [0, 0.1) is 12.8 Å². The second kappa shape index (κ2) is 5.80. The van der Waals surface area contributed by atoms with Gasteiger partial charge in [0.2, 0.25) is 0 Å². The van der Waals surface area contributed by atoms with Crippen LogP contribution in [0.2, 0.25) is 0 Å². The van der Waals surface area contributed by atoms with E-state index in [-0.39, 0.29) is 18.4 Å². The lowest BCUT2D eigenvalue weighted by Gasteiger charge is -2.05. The van der Waals surface area contributed by atoms with Gasteiger partial charge in [-0.2, -0.15) is 0 Å². The average molecular weight is 381 g/mol. The zero-order valence-corrected chi connectivity index (χ0v) is 14.5. The minimum atomic E-state index is -3.42. The van der Waals surface area contributed by atoms with Crippen molar-refractivity contribution in [3.05, 3.63) is 64.1 Å². The number of benzene rings is 2. The Hall–Kier alpha value is -1.17. The fourth-order valence-electron chi connectivity index (χ4n) is 2.99. The van der Waals surface area contributed by atoms with Gasteiger partial charge in [0.1, 0.15) is 0 Å². The van der Waals surface area contributed by atoms with Crippen molar-refractivity contribution in [1.29, 1.82) is 0 Å². The highest BCUT2D eigenvalue weighted by atomic mass is 79.9. The lowest BCUT2D eigenvalue weighted by Crippen LogP contribution is -2.11. The van der Waals surface area contributed by atoms with E-state index in [1.807, 2.05) is 31.2 Å². The second-order valence-corrected chi connectivity index (χ2v) is 8.77. The highest BCUT2D eigenvalue weighted by Crippen LogP contribution is 2.53. The third-order valence-electron chi connectivity index (χ3n) is 4.27. The molecule has 0 aromatic heterocycles. The van der Waals surface area contributed by atoms with Gasteiger partial charge >= 0.3 is 0 Å². The van der Waals surface area contributed by atoms with Gasteiger partial charge in [-0.15, -0.1) is 0 Å². The van der Waals surface area contributed by atoms with Crippen molar-refractivity contribution >= 4 is 25.8 Å². The molecular formula is C17H17BrO3S. The van der Waals surface area contributed by atoms with E-state index in [0.29, 0.717) is 4.90 Å². The van der Waals surface area contributed by atoms with Crippen LogP contribution >= 0.6 is 15.9 Å². The van der Waals surface area contributed by atoms with Crippen LogP contribution in [-0.2, 0) is 9.84 Å². The van der Waals surface area contributed by atoms with Crippen molar-refractivity contribution in [2.75, 3.05) is 6.61 Å². The highest BCUT2D eigenvalue weighted by Gasteiger charge is 2.58. The van der Waals surface area contributed by atoms with E-state index in [0.717, 1.165) is 15.6 Å². The number of hydrogen-bond donors (Lipinski definition) is 1. The van der Waals surface area contributed by atoms with Crippen molar-refractivity contribution in [2.45, 2.75) is 23.0 Å². The second-order valence-electron chi connectivity index (χ2n) is 5.75. The summed E-state index contributed by atoms with van der Waals surface area (Å²) in [7, 11) is -3.42. The molecule has 3 rings (SSSR count). The number of aliphatic hydroxyl groups excluding tert-OH is 1. The number of halogens is 1. The van der Waals surface area contributed by atoms with Gasteiger partial charge in [0.15, 0.2) is 9.84 Å². The van der Waals surface area contributed by atoms with Gasteiger partial charge in [0.05, 0.1) is 10.1 Å². The van der Waals surface area contributed by atoms with E-state index in [2.05, 4.69) is 15.9 Å². The quantitative estimate of drug-likeness (QED) is 0.884. The number of hydrogen-bond acceptors (Lipinski definition) is 3. The Labute approximate surface area is 139 Å². The molecule has 22 heavy (non-hydrogen) atoms. The van der Waals surface area contributed by atoms with Crippen molar-refractivity contribution in [3.8, 4) is 0 Å². The number of aryl methyl sites for hydroxylation is 1. The molecule has 1 saturated carbocycles. The standard InChI is InChI=1S/C17H17BrO3S/c1-11-2-8-14(9-3-11)22(20,21)17-15(10-19)16(17)12-4-6-13(18)7-5-12/h2-9,15-17,19H,10H2,1H3. The van der Waals surface area contributed by atoms with Crippen LogP contribution in [0.3, 0.4) is 0 Å². The Balaban J connectivity index is 1.93. The molecule has 0 bridgehead atoms. The van der Waals surface area contributed by atoms with Gasteiger partial charge < -0.3 is 5.11 Å². The molecule has 1 N–H and O–H groups in total. The molecule has 0 saturated heterocycles. The van der Waals surface area contributed by atoms with Crippen LogP contribution in [-0.4, -0.2) is 25.4 Å². The maximum Gasteiger partial charge on any atom is 0.182 e. The van der Waals surface area contributed by atoms with Gasteiger partial charge in [0, 0.05) is 22.9 Å². The van der Waals surface area contributed by atoms with Gasteiger partial charge in [-0.05, 0) is 36.8 Å². The monoisotopic (exact) mass is 380 g/mol. The van der Waals surface area contributed by atoms with E-state index < -0.39 is 15.1 Å². The molecule has 3 atom stereocenters. The maximum atomic E-state index is 12.8. The summed E-state index contributed by atoms with van der Waals surface area (Å²) in [6.07, 6.45) is 0. The molecule has 0 aliphatic heterocycles. The summed E-state index contributed by atoms with van der Waals surface area (Å²) in [4.78, 5) is 0.334. The van der Waals surface area contributed by atoms with E-state index >= 15 is 0 Å². The molecule has 3 nitrogen and oxygen atoms in total. The van der Waals surface area contributed by atoms with Gasteiger partial charge in [-0.3, -0.25) is 0 Å². The molecule has 2 aromatic carbocycles. The molecule has 0 radical (unpaired) electrons. The minimum absolute atomic E-state index is 0.115. The molecule has 3 unspecified atom stereocenters. The molecule has 116 valence electrons. The zero-order valence-electron chi connectivity index (χ0n) is 12.1. The van der Waals surface area contributed by atoms with E-state index in [9.17, 15) is 13.5 Å². The third kappa shape index (κ3) is 2.73. The van der Waals surface area contributed by atoms with Crippen molar-refractivity contribution in [3.63, 3.8) is 0 Å². The predicted octanol–water partition coefficient (Wildman–Crippen LogP) is 3.31. The largest absolute Gasteiger partial charge is 0.396 e. The van der Waals surface area contributed by atoms with Gasteiger partial charge in [-0.25, -0.2) is 8.42 Å². The summed E-state index contributed by atoms with van der Waals surface area (Å²) in [5.74, 6) is -0.364. The molecule has 0 heterocycles. The van der Waals surface area contributed by atoms with Crippen LogP contribution in [0.4, 0.5) is 0 Å². The first-order chi connectivity index (χ1) is 10.4. The van der Waals surface area contributed by atoms with Crippen LogP contribution in [0.5, 0.6) is 0 Å². The highest BCUT2D eigenvalue weighted by molar-refractivity contribution is 9.10. The lowest BCUT2D eigenvalue weighted by molar-refractivity contribution is 0.274. The average Bonchev–Trinajstić information content (AvgIpc) is 3.24. The van der Waals surface area contributed by atoms with Crippen LogP contribution in [0.1, 0.15) is 17.0 Å². The lowest BCUT2D eigenvalue weighted by atomic mass is 10.1. The summed E-state index contributed by atoms with van der Waals surface area (Å²) < 4.78 is 26.6. The Bertz CT molecular complexity index is 767. The Morgan fingerprint density at radius 2 is 1.64 bits per heavy atom. The number of rotatable bonds is 4. The molecule has 0 spiro atoms. The molecular weight excluding hydrogens is 364 g/mol. The molecule has 2 aromatic rings. The van der Waals surface area contributed by atoms with Gasteiger partial charge in [-0.1, -0.05) is 45.8 Å². The summed E-state index contributed by atoms with van der Waals surface area (Å²) in [6, 6.07) is 14.5. The number of aliphatic hydroxyl groups is 1. The SMILES string of the molecule is Cc1ccc(S(=O)(=O)C2C(CO)C2c2ccc(Br)cc2)cc1. The predicted molar refractivity (Wildman–Crippen MR) is 89.6 cm³/mol. The van der Waals surface area contributed by atoms with Crippen molar-refractivity contribution in [2.24, 2.45) is 5.92 Å². The van der Waals surface area contributed by atoms with Crippen molar-refractivity contribution < 1.29 is 13.5 Å². The third-order valence-corrected chi connectivity index (χ3v) is 7.09. The van der Waals surface area contributed by atoms with E-state index in [1.54, 1.807) is 24.3 Å². The smallest absolute Gasteiger partial charge is 0.182 e. The summed E-state index contributed by atoms with van der Waals surface area (Å²) in [5.41, 5.74) is 1.99. The molecule has 0 amide bonds. The maximum absolute atomic E-state index is 12.8. The van der Waals surface area contributed by atoms with E-state index in [4.69, 9.17) is 0 Å². The van der Waals surface area contributed by atoms with Crippen LogP contribution in [0.15, 0.2) is 57.9 Å². The van der Waals surface area contributed by atoms with Gasteiger partial charge in [0.25, 0.3) is 0 Å². The Kier molecular flexibility index (Phi) is 4.14. The topological polar surface area (TPSA) is 54.4 Å². The first-order valence-corrected chi connectivity index (χ1v) is 9.46.